The lowest BCUT2D eigenvalue weighted by Crippen LogP contribution is -2.22. The molecule has 1 aromatic rings. The maximum absolute atomic E-state index is 11.7. The summed E-state index contributed by atoms with van der Waals surface area (Å²) in [5.41, 5.74) is 5.47. The van der Waals surface area contributed by atoms with Gasteiger partial charge in [-0.15, -0.1) is 0 Å². The lowest BCUT2D eigenvalue weighted by Gasteiger charge is -2.12. The van der Waals surface area contributed by atoms with Crippen LogP contribution in [0.4, 0.5) is 5.69 Å². The molecule has 0 saturated heterocycles. The highest BCUT2D eigenvalue weighted by Crippen LogP contribution is 2.24. The zero-order valence-corrected chi connectivity index (χ0v) is 12.0. The van der Waals surface area contributed by atoms with Crippen molar-refractivity contribution >= 4 is 25.5 Å². The number of sulfone groups is 1. The summed E-state index contributed by atoms with van der Waals surface area (Å²) in [5, 5.41) is -0.981. The van der Waals surface area contributed by atoms with Crippen molar-refractivity contribution in [3.05, 3.63) is 24.3 Å². The standard InChI is InChI=1S/C10H16N2O5S2/c1-18(13,14)8-19(15,16)12-9-4-2-3-5-10(9)17-7-6-11/h2-5,12H,6-8,11H2,1H3. The molecule has 0 radical (unpaired) electrons. The highest BCUT2D eigenvalue weighted by Gasteiger charge is 2.19. The molecular weight excluding hydrogens is 292 g/mol. The minimum absolute atomic E-state index is 0.180. The van der Waals surface area contributed by atoms with Gasteiger partial charge in [-0.1, -0.05) is 12.1 Å². The van der Waals surface area contributed by atoms with Crippen LogP contribution in [0.15, 0.2) is 24.3 Å². The Morgan fingerprint density at radius 1 is 1.21 bits per heavy atom. The van der Waals surface area contributed by atoms with Gasteiger partial charge in [0.05, 0.1) is 5.69 Å². The summed E-state index contributed by atoms with van der Waals surface area (Å²) in [5.74, 6) is 0.296. The Morgan fingerprint density at radius 3 is 2.42 bits per heavy atom. The molecule has 1 rings (SSSR count). The van der Waals surface area contributed by atoms with Crippen LogP contribution in [-0.4, -0.2) is 41.3 Å². The second-order valence-corrected chi connectivity index (χ2v) is 8.12. The summed E-state index contributed by atoms with van der Waals surface area (Å²) in [6.45, 7) is 0.509. The van der Waals surface area contributed by atoms with Crippen LogP contribution in [0.3, 0.4) is 0 Å². The van der Waals surface area contributed by atoms with Crippen molar-refractivity contribution in [2.75, 3.05) is 29.2 Å². The fraction of sp³-hybridized carbons (Fsp3) is 0.400. The van der Waals surface area contributed by atoms with Gasteiger partial charge >= 0.3 is 0 Å². The van der Waals surface area contributed by atoms with E-state index < -0.39 is 24.9 Å². The number of benzene rings is 1. The van der Waals surface area contributed by atoms with E-state index in [2.05, 4.69) is 4.72 Å². The number of anilines is 1. The van der Waals surface area contributed by atoms with Crippen molar-refractivity contribution in [3.63, 3.8) is 0 Å². The summed E-state index contributed by atoms with van der Waals surface area (Å²) >= 11 is 0. The van der Waals surface area contributed by atoms with Crippen molar-refractivity contribution in [2.24, 2.45) is 5.73 Å². The van der Waals surface area contributed by atoms with Crippen molar-refractivity contribution in [1.82, 2.24) is 0 Å². The third-order valence-electron chi connectivity index (χ3n) is 1.90. The average molecular weight is 308 g/mol. The number of sulfonamides is 1. The van der Waals surface area contributed by atoms with Gasteiger partial charge in [0.1, 0.15) is 12.4 Å². The summed E-state index contributed by atoms with van der Waals surface area (Å²) in [6, 6.07) is 6.31. The predicted octanol–water partition coefficient (Wildman–Crippen LogP) is -0.232. The number of nitrogens with one attached hydrogen (secondary N) is 1. The van der Waals surface area contributed by atoms with E-state index in [0.717, 1.165) is 6.26 Å². The average Bonchev–Trinajstić information content (AvgIpc) is 2.24. The normalized spacial score (nSPS) is 12.1. The summed E-state index contributed by atoms with van der Waals surface area (Å²) < 4.78 is 52.8. The molecule has 19 heavy (non-hydrogen) atoms. The number of nitrogens with two attached hydrogens (primary N) is 1. The Labute approximate surface area is 112 Å². The highest BCUT2D eigenvalue weighted by molar-refractivity contribution is 8.08. The van der Waals surface area contributed by atoms with Crippen LogP contribution in [0, 0.1) is 0 Å². The molecule has 108 valence electrons. The van der Waals surface area contributed by atoms with Crippen molar-refractivity contribution in [2.45, 2.75) is 0 Å². The van der Waals surface area contributed by atoms with E-state index in [-0.39, 0.29) is 18.8 Å². The van der Waals surface area contributed by atoms with E-state index in [4.69, 9.17) is 10.5 Å². The van der Waals surface area contributed by atoms with Crippen LogP contribution >= 0.6 is 0 Å². The summed E-state index contributed by atoms with van der Waals surface area (Å²) in [7, 11) is -7.63. The molecule has 0 saturated carbocycles. The van der Waals surface area contributed by atoms with Crippen LogP contribution in [0.1, 0.15) is 0 Å². The van der Waals surface area contributed by atoms with Gasteiger partial charge in [-0.05, 0) is 12.1 Å². The molecule has 0 aliphatic rings. The third kappa shape index (κ3) is 5.90. The minimum Gasteiger partial charge on any atom is -0.490 e. The first kappa shape index (κ1) is 15.7. The molecule has 9 heteroatoms. The van der Waals surface area contributed by atoms with Crippen LogP contribution in [0.2, 0.25) is 0 Å². The predicted molar refractivity (Wildman–Crippen MR) is 73.2 cm³/mol. The van der Waals surface area contributed by atoms with Crippen LogP contribution < -0.4 is 15.2 Å². The van der Waals surface area contributed by atoms with Crippen LogP contribution in [0.5, 0.6) is 5.75 Å². The Balaban J connectivity index is 2.93. The van der Waals surface area contributed by atoms with E-state index in [1.54, 1.807) is 18.2 Å². The lowest BCUT2D eigenvalue weighted by molar-refractivity contribution is 0.330. The van der Waals surface area contributed by atoms with E-state index in [1.165, 1.54) is 6.07 Å². The number of rotatable bonds is 7. The van der Waals surface area contributed by atoms with E-state index in [0.29, 0.717) is 5.75 Å². The van der Waals surface area contributed by atoms with Gasteiger partial charge in [-0.2, -0.15) is 0 Å². The first-order chi connectivity index (χ1) is 8.73. The number of para-hydroxylation sites is 2. The molecule has 0 atom stereocenters. The Morgan fingerprint density at radius 2 is 1.84 bits per heavy atom. The summed E-state index contributed by atoms with van der Waals surface area (Å²) in [6.07, 6.45) is 0.850. The van der Waals surface area contributed by atoms with Crippen LogP contribution in [-0.2, 0) is 19.9 Å². The molecule has 3 N–H and O–H groups in total. The largest absolute Gasteiger partial charge is 0.490 e. The second-order valence-electron chi connectivity index (χ2n) is 3.89. The molecule has 0 bridgehead atoms. The molecule has 0 aromatic heterocycles. The van der Waals surface area contributed by atoms with Gasteiger partial charge < -0.3 is 10.5 Å². The minimum atomic E-state index is -3.99. The molecule has 1 aromatic carbocycles. The molecule has 0 amide bonds. The second kappa shape index (κ2) is 6.22. The number of hydrogen-bond donors (Lipinski definition) is 2. The van der Waals surface area contributed by atoms with Gasteiger partial charge in [0.2, 0.25) is 10.0 Å². The fourth-order valence-electron chi connectivity index (χ4n) is 1.32. The molecule has 7 nitrogen and oxygen atoms in total. The van der Waals surface area contributed by atoms with Gasteiger partial charge in [-0.3, -0.25) is 4.72 Å². The van der Waals surface area contributed by atoms with E-state index in [9.17, 15) is 16.8 Å². The smallest absolute Gasteiger partial charge is 0.247 e. The van der Waals surface area contributed by atoms with E-state index >= 15 is 0 Å². The van der Waals surface area contributed by atoms with Crippen LogP contribution in [0.25, 0.3) is 0 Å². The quantitative estimate of drug-likeness (QED) is 0.718. The van der Waals surface area contributed by atoms with Gasteiger partial charge in [0, 0.05) is 12.8 Å². The van der Waals surface area contributed by atoms with E-state index in [1.807, 2.05) is 0 Å². The van der Waals surface area contributed by atoms with Gasteiger partial charge in [0.15, 0.2) is 14.9 Å². The van der Waals surface area contributed by atoms with Crippen molar-refractivity contribution in [3.8, 4) is 5.75 Å². The lowest BCUT2D eigenvalue weighted by atomic mass is 10.3. The highest BCUT2D eigenvalue weighted by atomic mass is 32.3. The number of ether oxygens (including phenoxy) is 1. The first-order valence-electron chi connectivity index (χ1n) is 5.33. The maximum Gasteiger partial charge on any atom is 0.247 e. The van der Waals surface area contributed by atoms with Crippen molar-refractivity contribution < 1.29 is 21.6 Å². The first-order valence-corrected chi connectivity index (χ1v) is 9.05. The SMILES string of the molecule is CS(=O)(=O)CS(=O)(=O)Nc1ccccc1OCCN. The molecule has 0 aliphatic carbocycles. The third-order valence-corrected chi connectivity index (χ3v) is 5.38. The maximum atomic E-state index is 11.7. The molecule has 0 aliphatic heterocycles. The Hall–Kier alpha value is -1.32. The fourth-order valence-corrected chi connectivity index (χ4v) is 4.32. The molecular formula is C10H16N2O5S2. The Bertz CT molecular complexity index is 625. The van der Waals surface area contributed by atoms with Gasteiger partial charge in [-0.25, -0.2) is 16.8 Å². The molecule has 0 heterocycles. The zero-order chi connectivity index (χ0) is 14.5. The zero-order valence-electron chi connectivity index (χ0n) is 10.4. The monoisotopic (exact) mass is 308 g/mol. The molecule has 0 unspecified atom stereocenters. The molecule has 0 fully saturated rings. The van der Waals surface area contributed by atoms with Gasteiger partial charge in [0.25, 0.3) is 0 Å². The van der Waals surface area contributed by atoms with Crippen molar-refractivity contribution in [1.29, 1.82) is 0 Å². The molecule has 0 spiro atoms. The topological polar surface area (TPSA) is 116 Å². The Kier molecular flexibility index (Phi) is 5.15. The number of hydrogen-bond acceptors (Lipinski definition) is 6. The summed E-state index contributed by atoms with van der Waals surface area (Å²) in [4.78, 5) is 0.